The van der Waals surface area contributed by atoms with Gasteiger partial charge in [0.1, 0.15) is 12.6 Å². The van der Waals surface area contributed by atoms with Crippen LogP contribution < -0.4 is 0 Å². The van der Waals surface area contributed by atoms with Crippen LogP contribution >= 0.6 is 11.6 Å². The molecule has 1 rings (SSSR count). The Kier molecular flexibility index (Phi) is 3.04. The van der Waals surface area contributed by atoms with Gasteiger partial charge in [-0.05, 0) is 18.8 Å². The van der Waals surface area contributed by atoms with Crippen molar-refractivity contribution in [3.8, 4) is 0 Å². The molecule has 0 aromatic rings. The molecule has 0 saturated heterocycles. The summed E-state index contributed by atoms with van der Waals surface area (Å²) in [5, 5.41) is 0.443. The lowest BCUT2D eigenvalue weighted by atomic mass is 9.84. The summed E-state index contributed by atoms with van der Waals surface area (Å²) in [6.07, 6.45) is 3.04. The van der Waals surface area contributed by atoms with E-state index in [-0.39, 0.29) is 5.92 Å². The maximum atomic E-state index is 10.5. The van der Waals surface area contributed by atoms with Gasteiger partial charge in [0.25, 0.3) is 0 Å². The third kappa shape index (κ3) is 1.75. The fourth-order valence-corrected chi connectivity index (χ4v) is 1.81. The third-order valence-corrected chi connectivity index (χ3v) is 2.69. The van der Waals surface area contributed by atoms with Crippen LogP contribution in [0, 0.1) is 11.8 Å². The SMILES string of the molecule is CC1CC(C=O)=C(Cl)C(C=O)C1. The van der Waals surface area contributed by atoms with E-state index >= 15 is 0 Å². The molecule has 0 radical (unpaired) electrons. The second kappa shape index (κ2) is 3.85. The smallest absolute Gasteiger partial charge is 0.147 e. The molecule has 0 N–H and O–H groups in total. The Bertz CT molecular complexity index is 233. The molecule has 1 aliphatic carbocycles. The highest BCUT2D eigenvalue weighted by atomic mass is 35.5. The van der Waals surface area contributed by atoms with Gasteiger partial charge in [0.2, 0.25) is 0 Å². The lowest BCUT2D eigenvalue weighted by Crippen LogP contribution is -2.17. The second-order valence-electron chi connectivity index (χ2n) is 3.28. The maximum absolute atomic E-state index is 10.5. The van der Waals surface area contributed by atoms with E-state index in [9.17, 15) is 9.59 Å². The third-order valence-electron chi connectivity index (χ3n) is 2.16. The molecular weight excluding hydrogens is 176 g/mol. The molecule has 2 nitrogen and oxygen atoms in total. The Hall–Kier alpha value is -0.630. The topological polar surface area (TPSA) is 34.1 Å². The summed E-state index contributed by atoms with van der Waals surface area (Å²) in [7, 11) is 0. The Morgan fingerprint density at radius 2 is 2.17 bits per heavy atom. The van der Waals surface area contributed by atoms with Crippen molar-refractivity contribution in [3.05, 3.63) is 10.6 Å². The highest BCUT2D eigenvalue weighted by molar-refractivity contribution is 6.32. The van der Waals surface area contributed by atoms with Crippen LogP contribution in [-0.2, 0) is 9.59 Å². The zero-order valence-electron chi connectivity index (χ0n) is 6.92. The molecule has 2 unspecified atom stereocenters. The first-order valence-electron chi connectivity index (χ1n) is 3.98. The van der Waals surface area contributed by atoms with Gasteiger partial charge in [-0.1, -0.05) is 18.5 Å². The number of halogens is 1. The maximum Gasteiger partial charge on any atom is 0.147 e. The molecule has 0 bridgehead atoms. The lowest BCUT2D eigenvalue weighted by Gasteiger charge is -2.23. The fourth-order valence-electron chi connectivity index (χ4n) is 1.55. The van der Waals surface area contributed by atoms with Crippen molar-refractivity contribution in [2.75, 3.05) is 0 Å². The normalized spacial score (nSPS) is 30.2. The predicted molar refractivity (Wildman–Crippen MR) is 46.9 cm³/mol. The van der Waals surface area contributed by atoms with Crippen molar-refractivity contribution < 1.29 is 9.59 Å². The molecule has 0 amide bonds. The Morgan fingerprint density at radius 1 is 1.50 bits per heavy atom. The molecule has 12 heavy (non-hydrogen) atoms. The molecular formula is C9H11ClO2. The zero-order chi connectivity index (χ0) is 9.14. The summed E-state index contributed by atoms with van der Waals surface area (Å²) >= 11 is 5.83. The minimum Gasteiger partial charge on any atom is -0.303 e. The number of hydrogen-bond acceptors (Lipinski definition) is 2. The van der Waals surface area contributed by atoms with E-state index in [1.807, 2.05) is 6.92 Å². The van der Waals surface area contributed by atoms with Gasteiger partial charge in [-0.15, -0.1) is 0 Å². The zero-order valence-corrected chi connectivity index (χ0v) is 7.67. The summed E-state index contributed by atoms with van der Waals surface area (Å²) < 4.78 is 0. The summed E-state index contributed by atoms with van der Waals surface area (Å²) in [6, 6.07) is 0. The van der Waals surface area contributed by atoms with Gasteiger partial charge in [-0.2, -0.15) is 0 Å². The summed E-state index contributed by atoms with van der Waals surface area (Å²) in [6.45, 7) is 2.02. The largest absolute Gasteiger partial charge is 0.303 e. The molecule has 0 aromatic carbocycles. The molecule has 0 saturated carbocycles. The van der Waals surface area contributed by atoms with Gasteiger partial charge >= 0.3 is 0 Å². The molecule has 1 aliphatic rings. The Morgan fingerprint density at radius 3 is 2.67 bits per heavy atom. The van der Waals surface area contributed by atoms with Gasteiger partial charge in [0.15, 0.2) is 0 Å². The molecule has 0 fully saturated rings. The van der Waals surface area contributed by atoms with Crippen LogP contribution in [0.4, 0.5) is 0 Å². The van der Waals surface area contributed by atoms with E-state index in [0.29, 0.717) is 22.9 Å². The molecule has 2 atom stereocenters. The minimum absolute atomic E-state index is 0.254. The van der Waals surface area contributed by atoms with Crippen molar-refractivity contribution in [1.82, 2.24) is 0 Å². The first-order valence-corrected chi connectivity index (χ1v) is 4.35. The van der Waals surface area contributed by atoms with Crippen LogP contribution in [-0.4, -0.2) is 12.6 Å². The van der Waals surface area contributed by atoms with E-state index in [1.165, 1.54) is 0 Å². The molecule has 0 aromatic heterocycles. The van der Waals surface area contributed by atoms with Gasteiger partial charge in [0.05, 0.1) is 5.92 Å². The van der Waals surface area contributed by atoms with Crippen LogP contribution in [0.5, 0.6) is 0 Å². The lowest BCUT2D eigenvalue weighted by molar-refractivity contribution is -0.110. The van der Waals surface area contributed by atoms with Gasteiger partial charge in [-0.3, -0.25) is 4.79 Å². The number of hydrogen-bond donors (Lipinski definition) is 0. The van der Waals surface area contributed by atoms with Crippen molar-refractivity contribution in [1.29, 1.82) is 0 Å². The highest BCUT2D eigenvalue weighted by Crippen LogP contribution is 2.33. The van der Waals surface area contributed by atoms with E-state index in [1.54, 1.807) is 0 Å². The quantitative estimate of drug-likeness (QED) is 0.618. The van der Waals surface area contributed by atoms with Crippen LogP contribution in [0.25, 0.3) is 0 Å². The Labute approximate surface area is 76.6 Å². The van der Waals surface area contributed by atoms with Crippen LogP contribution in [0.15, 0.2) is 10.6 Å². The van der Waals surface area contributed by atoms with Crippen molar-refractivity contribution in [3.63, 3.8) is 0 Å². The van der Waals surface area contributed by atoms with Crippen LogP contribution in [0.1, 0.15) is 19.8 Å². The van der Waals surface area contributed by atoms with Gasteiger partial charge < -0.3 is 4.79 Å². The second-order valence-corrected chi connectivity index (χ2v) is 3.69. The standard InChI is InChI=1S/C9H11ClO2/c1-6-2-7(4-11)9(10)8(3-6)5-12/h4-7H,2-3H2,1H3. The average molecular weight is 187 g/mol. The van der Waals surface area contributed by atoms with Crippen molar-refractivity contribution in [2.45, 2.75) is 19.8 Å². The summed E-state index contributed by atoms with van der Waals surface area (Å²) in [5.41, 5.74) is 0.590. The molecule has 3 heteroatoms. The van der Waals surface area contributed by atoms with Crippen molar-refractivity contribution >= 4 is 24.2 Å². The average Bonchev–Trinajstić information content (AvgIpc) is 2.08. The number of carbonyl (C=O) groups excluding carboxylic acids is 2. The number of rotatable bonds is 2. The first-order chi connectivity index (χ1) is 5.69. The first kappa shape index (κ1) is 9.46. The van der Waals surface area contributed by atoms with E-state index in [0.717, 1.165) is 19.0 Å². The molecule has 0 spiro atoms. The number of allylic oxidation sites excluding steroid dienone is 2. The molecule has 0 heterocycles. The van der Waals surface area contributed by atoms with E-state index in [4.69, 9.17) is 11.6 Å². The van der Waals surface area contributed by atoms with Gasteiger partial charge in [0, 0.05) is 10.6 Å². The molecule has 66 valence electrons. The van der Waals surface area contributed by atoms with Gasteiger partial charge in [-0.25, -0.2) is 0 Å². The van der Waals surface area contributed by atoms with Crippen LogP contribution in [0.2, 0.25) is 0 Å². The number of carbonyl (C=O) groups is 2. The summed E-state index contributed by atoms with van der Waals surface area (Å²) in [4.78, 5) is 21.1. The number of aldehydes is 2. The minimum atomic E-state index is -0.254. The monoisotopic (exact) mass is 186 g/mol. The highest BCUT2D eigenvalue weighted by Gasteiger charge is 2.25. The fraction of sp³-hybridized carbons (Fsp3) is 0.556. The predicted octanol–water partition coefficient (Wildman–Crippen LogP) is 1.92. The molecule has 0 aliphatic heterocycles. The van der Waals surface area contributed by atoms with E-state index < -0.39 is 0 Å². The summed E-state index contributed by atoms with van der Waals surface area (Å²) in [5.74, 6) is 0.124. The van der Waals surface area contributed by atoms with E-state index in [2.05, 4.69) is 0 Å². The Balaban J connectivity index is 2.92. The van der Waals surface area contributed by atoms with Crippen LogP contribution in [0.3, 0.4) is 0 Å². The van der Waals surface area contributed by atoms with Crippen molar-refractivity contribution in [2.24, 2.45) is 11.8 Å².